The maximum absolute atomic E-state index is 13.3. The van der Waals surface area contributed by atoms with E-state index in [1.54, 1.807) is 6.07 Å². The van der Waals surface area contributed by atoms with Crippen molar-refractivity contribution in [2.75, 3.05) is 14.2 Å². The van der Waals surface area contributed by atoms with Crippen LogP contribution in [0, 0.1) is 0 Å². The minimum atomic E-state index is -3.92. The first kappa shape index (κ1) is 20.1. The predicted molar refractivity (Wildman–Crippen MR) is 116 cm³/mol. The molecule has 0 aromatic heterocycles. The van der Waals surface area contributed by atoms with Crippen LogP contribution in [0.15, 0.2) is 71.6 Å². The van der Waals surface area contributed by atoms with Gasteiger partial charge in [0, 0.05) is 17.9 Å². The van der Waals surface area contributed by atoms with Gasteiger partial charge in [0.15, 0.2) is 11.5 Å². The smallest absolute Gasteiger partial charge is 0.241 e. The third-order valence-electron chi connectivity index (χ3n) is 6.36. The van der Waals surface area contributed by atoms with E-state index in [9.17, 15) is 13.5 Å². The number of nitrogens with one attached hydrogen (secondary N) is 1. The van der Waals surface area contributed by atoms with Gasteiger partial charge in [0.1, 0.15) is 0 Å². The molecule has 31 heavy (non-hydrogen) atoms. The second-order valence-electron chi connectivity index (χ2n) is 7.87. The first-order valence-corrected chi connectivity index (χ1v) is 11.5. The third kappa shape index (κ3) is 3.04. The van der Waals surface area contributed by atoms with Gasteiger partial charge in [-0.2, -0.15) is 0 Å². The fraction of sp³-hybridized carbons (Fsp3) is 0.250. The number of hydrogen-bond donors (Lipinski definition) is 2. The Balaban J connectivity index is 1.58. The molecular weight excluding hydrogens is 414 g/mol. The highest BCUT2D eigenvalue weighted by molar-refractivity contribution is 7.89. The van der Waals surface area contributed by atoms with Crippen LogP contribution in [0.5, 0.6) is 11.5 Å². The summed E-state index contributed by atoms with van der Waals surface area (Å²) in [7, 11) is -0.971. The van der Waals surface area contributed by atoms with E-state index in [1.807, 2.05) is 48.5 Å². The van der Waals surface area contributed by atoms with E-state index in [0.717, 1.165) is 22.3 Å². The second-order valence-corrected chi connectivity index (χ2v) is 9.58. The van der Waals surface area contributed by atoms with E-state index in [-0.39, 0.29) is 16.7 Å². The molecule has 0 aliphatic heterocycles. The number of ether oxygens (including phenoxy) is 2. The van der Waals surface area contributed by atoms with E-state index in [1.165, 1.54) is 26.4 Å². The van der Waals surface area contributed by atoms with Crippen molar-refractivity contribution >= 4 is 10.0 Å². The number of benzene rings is 3. The maximum atomic E-state index is 13.3. The Morgan fingerprint density at radius 3 is 1.81 bits per heavy atom. The normalized spacial score (nSPS) is 23.7. The average molecular weight is 438 g/mol. The van der Waals surface area contributed by atoms with Gasteiger partial charge in [-0.3, -0.25) is 0 Å². The molecule has 0 saturated heterocycles. The molecule has 0 heterocycles. The molecule has 3 aromatic carbocycles. The van der Waals surface area contributed by atoms with Gasteiger partial charge in [-0.15, -0.1) is 0 Å². The van der Waals surface area contributed by atoms with Crippen molar-refractivity contribution in [1.29, 1.82) is 0 Å². The molecule has 0 saturated carbocycles. The summed E-state index contributed by atoms with van der Waals surface area (Å²) in [6.45, 7) is 0. The number of sulfonamides is 1. The largest absolute Gasteiger partial charge is 0.493 e. The van der Waals surface area contributed by atoms with Crippen molar-refractivity contribution in [3.63, 3.8) is 0 Å². The van der Waals surface area contributed by atoms with Crippen molar-refractivity contribution in [3.8, 4) is 11.5 Å². The zero-order valence-corrected chi connectivity index (χ0v) is 18.0. The summed E-state index contributed by atoms with van der Waals surface area (Å²) >= 11 is 0. The van der Waals surface area contributed by atoms with Crippen molar-refractivity contribution in [3.05, 3.63) is 89.0 Å². The van der Waals surface area contributed by atoms with Crippen molar-refractivity contribution < 1.29 is 23.0 Å². The Bertz CT molecular complexity index is 1210. The molecule has 7 heteroatoms. The number of fused-ring (bicyclic) bond motifs is 1. The van der Waals surface area contributed by atoms with Gasteiger partial charge in [0.25, 0.3) is 0 Å². The molecule has 3 aromatic rings. The van der Waals surface area contributed by atoms with Crippen LogP contribution in [0.1, 0.15) is 34.1 Å². The molecule has 0 amide bonds. The lowest BCUT2D eigenvalue weighted by Gasteiger charge is -2.48. The van der Waals surface area contributed by atoms with Gasteiger partial charge in [-0.25, -0.2) is 13.1 Å². The van der Waals surface area contributed by atoms with Crippen molar-refractivity contribution in [2.24, 2.45) is 0 Å². The Labute approximate surface area is 181 Å². The van der Waals surface area contributed by atoms with Gasteiger partial charge in [-0.1, -0.05) is 48.5 Å². The number of aliphatic hydroxyl groups excluding tert-OH is 1. The van der Waals surface area contributed by atoms with E-state index in [4.69, 9.17) is 9.47 Å². The van der Waals surface area contributed by atoms with Crippen LogP contribution in [0.3, 0.4) is 0 Å². The molecule has 2 unspecified atom stereocenters. The van der Waals surface area contributed by atoms with Crippen molar-refractivity contribution in [1.82, 2.24) is 4.72 Å². The minimum Gasteiger partial charge on any atom is -0.493 e. The second kappa shape index (κ2) is 7.37. The fourth-order valence-corrected chi connectivity index (χ4v) is 6.30. The molecule has 3 aliphatic carbocycles. The van der Waals surface area contributed by atoms with Crippen LogP contribution in [-0.2, 0) is 10.0 Å². The summed E-state index contributed by atoms with van der Waals surface area (Å²) in [6.07, 6.45) is -0.885. The van der Waals surface area contributed by atoms with E-state index < -0.39 is 22.2 Å². The summed E-state index contributed by atoms with van der Waals surface area (Å²) in [6, 6.07) is 19.7. The third-order valence-corrected chi connectivity index (χ3v) is 7.81. The van der Waals surface area contributed by atoms with Crippen LogP contribution in [0.2, 0.25) is 0 Å². The quantitative estimate of drug-likeness (QED) is 0.641. The molecule has 2 bridgehead atoms. The molecule has 6 rings (SSSR count). The first-order valence-electron chi connectivity index (χ1n) is 10.1. The van der Waals surface area contributed by atoms with Crippen LogP contribution < -0.4 is 14.2 Å². The van der Waals surface area contributed by atoms with Crippen LogP contribution in [-0.4, -0.2) is 39.9 Å². The molecule has 6 nitrogen and oxygen atoms in total. The Morgan fingerprint density at radius 1 is 0.774 bits per heavy atom. The van der Waals surface area contributed by atoms with Crippen LogP contribution in [0.25, 0.3) is 0 Å². The van der Waals surface area contributed by atoms with Crippen LogP contribution in [0.4, 0.5) is 0 Å². The Hall–Kier alpha value is -2.87. The van der Waals surface area contributed by atoms with Gasteiger partial charge in [0.05, 0.1) is 31.3 Å². The maximum Gasteiger partial charge on any atom is 0.241 e. The summed E-state index contributed by atoms with van der Waals surface area (Å²) in [5.74, 6) is 0.214. The lowest BCUT2D eigenvalue weighted by molar-refractivity contribution is 0.0946. The van der Waals surface area contributed by atoms with E-state index in [0.29, 0.717) is 11.5 Å². The molecule has 3 aliphatic rings. The molecule has 0 fully saturated rings. The molecule has 2 atom stereocenters. The number of rotatable bonds is 5. The SMILES string of the molecule is COc1ccc(S(=O)(=O)NC2C3c4ccccc4C(c4ccccc43)C2O)cc1OC. The molecule has 0 spiro atoms. The summed E-state index contributed by atoms with van der Waals surface area (Å²) in [5.41, 5.74) is 4.22. The Kier molecular flexibility index (Phi) is 4.77. The van der Waals surface area contributed by atoms with Gasteiger partial charge >= 0.3 is 0 Å². The van der Waals surface area contributed by atoms with Gasteiger partial charge < -0.3 is 14.6 Å². The Morgan fingerprint density at radius 2 is 1.29 bits per heavy atom. The highest BCUT2D eigenvalue weighted by Crippen LogP contribution is 2.53. The highest BCUT2D eigenvalue weighted by Gasteiger charge is 2.50. The average Bonchev–Trinajstić information content (AvgIpc) is 2.80. The summed E-state index contributed by atoms with van der Waals surface area (Å²) < 4.78 is 39.8. The number of aliphatic hydroxyl groups is 1. The lowest BCUT2D eigenvalue weighted by atomic mass is 9.60. The molecular formula is C24H23NO5S. The fourth-order valence-electron chi connectivity index (χ4n) is 5.02. The predicted octanol–water partition coefficient (Wildman–Crippen LogP) is 3.00. The summed E-state index contributed by atoms with van der Waals surface area (Å²) in [4.78, 5) is 0.0559. The summed E-state index contributed by atoms with van der Waals surface area (Å²) in [5, 5.41) is 11.3. The molecule has 2 N–H and O–H groups in total. The lowest BCUT2D eigenvalue weighted by Crippen LogP contribution is -2.55. The highest BCUT2D eigenvalue weighted by atomic mass is 32.2. The zero-order chi connectivity index (χ0) is 21.8. The van der Waals surface area contributed by atoms with Crippen LogP contribution >= 0.6 is 0 Å². The van der Waals surface area contributed by atoms with Gasteiger partial charge in [-0.05, 0) is 34.4 Å². The first-order chi connectivity index (χ1) is 15.0. The van der Waals surface area contributed by atoms with E-state index >= 15 is 0 Å². The monoisotopic (exact) mass is 437 g/mol. The van der Waals surface area contributed by atoms with Gasteiger partial charge in [0.2, 0.25) is 10.0 Å². The van der Waals surface area contributed by atoms with E-state index in [2.05, 4.69) is 4.72 Å². The number of hydrogen-bond acceptors (Lipinski definition) is 5. The molecule has 160 valence electrons. The molecule has 0 radical (unpaired) electrons. The van der Waals surface area contributed by atoms with Crippen molar-refractivity contribution in [2.45, 2.75) is 28.9 Å². The zero-order valence-electron chi connectivity index (χ0n) is 17.1. The minimum absolute atomic E-state index is 0.0559. The standard InChI is InChI=1S/C24H23NO5S/c1-29-19-12-11-14(13-20(19)30-2)31(27,28)25-23-21-15-7-3-5-9-17(15)22(24(23)26)18-10-6-4-8-16(18)21/h3-13,21-26H,1-2H3. The number of methoxy groups -OCH3 is 2. The topological polar surface area (TPSA) is 84.9 Å².